The Morgan fingerprint density at radius 3 is 2.70 bits per heavy atom. The molecule has 0 saturated heterocycles. The van der Waals surface area contributed by atoms with Gasteiger partial charge in [-0.3, -0.25) is 4.40 Å². The van der Waals surface area contributed by atoms with Crippen LogP contribution in [0, 0.1) is 0 Å². The van der Waals surface area contributed by atoms with Gasteiger partial charge in [0, 0.05) is 11.8 Å². The second kappa shape index (κ2) is 7.96. The van der Waals surface area contributed by atoms with Gasteiger partial charge in [-0.15, -0.1) is 0 Å². The van der Waals surface area contributed by atoms with Gasteiger partial charge in [-0.05, 0) is 42.5 Å². The standard InChI is InChI=1S/C22H18ClN3O4/c1-29-18-11-13(7-9-17(18)27)20-21(26-12-14(23)8-10-19(26)25-20)24-16-6-4-3-5-15(16)22(28)30-2/h3-12,24,27H,1-2H3. The number of hydrogen-bond acceptors (Lipinski definition) is 6. The third-order valence-corrected chi connectivity index (χ3v) is 4.84. The number of pyridine rings is 1. The van der Waals surface area contributed by atoms with Crippen LogP contribution in [0.5, 0.6) is 11.5 Å². The lowest BCUT2D eigenvalue weighted by Crippen LogP contribution is -2.06. The summed E-state index contributed by atoms with van der Waals surface area (Å²) in [5.41, 5.74) is 2.89. The first-order chi connectivity index (χ1) is 14.5. The molecule has 0 fully saturated rings. The van der Waals surface area contributed by atoms with Gasteiger partial charge >= 0.3 is 5.97 Å². The molecule has 0 bridgehead atoms. The Bertz CT molecular complexity index is 1250. The molecule has 2 N–H and O–H groups in total. The molecule has 152 valence electrons. The number of nitrogens with one attached hydrogen (secondary N) is 1. The number of ether oxygens (including phenoxy) is 2. The number of phenolic OH excluding ortho intramolecular Hbond substituents is 1. The summed E-state index contributed by atoms with van der Waals surface area (Å²) in [6, 6.07) is 15.5. The van der Waals surface area contributed by atoms with Gasteiger partial charge in [0.15, 0.2) is 11.5 Å². The SMILES string of the molecule is COC(=O)c1ccccc1Nc1c(-c2ccc(O)c(OC)c2)nc2ccc(Cl)cn12. The highest BCUT2D eigenvalue weighted by atomic mass is 35.5. The first kappa shape index (κ1) is 19.6. The molecule has 2 aromatic carbocycles. The van der Waals surface area contributed by atoms with E-state index in [2.05, 4.69) is 5.32 Å². The maximum Gasteiger partial charge on any atom is 0.339 e. The van der Waals surface area contributed by atoms with Gasteiger partial charge < -0.3 is 19.9 Å². The summed E-state index contributed by atoms with van der Waals surface area (Å²) in [7, 11) is 2.81. The van der Waals surface area contributed by atoms with Crippen LogP contribution in [0.15, 0.2) is 60.8 Å². The fraction of sp³-hybridized carbons (Fsp3) is 0.0909. The van der Waals surface area contributed by atoms with E-state index in [-0.39, 0.29) is 5.75 Å². The van der Waals surface area contributed by atoms with Crippen LogP contribution < -0.4 is 10.1 Å². The highest BCUT2D eigenvalue weighted by Crippen LogP contribution is 2.37. The number of para-hydroxylation sites is 1. The fourth-order valence-electron chi connectivity index (χ4n) is 3.17. The molecule has 0 aliphatic heterocycles. The summed E-state index contributed by atoms with van der Waals surface area (Å²) < 4.78 is 11.9. The van der Waals surface area contributed by atoms with Gasteiger partial charge in [0.2, 0.25) is 0 Å². The first-order valence-corrected chi connectivity index (χ1v) is 9.39. The number of imidazole rings is 1. The molecule has 2 heterocycles. The number of phenols is 1. The van der Waals surface area contributed by atoms with Gasteiger partial charge in [0.25, 0.3) is 0 Å². The van der Waals surface area contributed by atoms with Crippen molar-refractivity contribution in [2.24, 2.45) is 0 Å². The number of aromatic nitrogens is 2. The third kappa shape index (κ3) is 3.51. The zero-order valence-corrected chi connectivity index (χ0v) is 17.0. The van der Waals surface area contributed by atoms with Crippen molar-refractivity contribution in [1.29, 1.82) is 0 Å². The number of halogens is 1. The number of aromatic hydroxyl groups is 1. The van der Waals surface area contributed by atoms with Crippen LogP contribution in [0.1, 0.15) is 10.4 Å². The quantitative estimate of drug-likeness (QED) is 0.444. The number of hydrogen-bond donors (Lipinski definition) is 2. The maximum absolute atomic E-state index is 12.2. The van der Waals surface area contributed by atoms with Crippen molar-refractivity contribution in [2.75, 3.05) is 19.5 Å². The minimum absolute atomic E-state index is 0.0265. The van der Waals surface area contributed by atoms with E-state index in [9.17, 15) is 9.90 Å². The van der Waals surface area contributed by atoms with Crippen LogP contribution in [-0.2, 0) is 4.74 Å². The van der Waals surface area contributed by atoms with Crippen molar-refractivity contribution in [3.63, 3.8) is 0 Å². The van der Waals surface area contributed by atoms with Crippen LogP contribution in [0.25, 0.3) is 16.9 Å². The summed E-state index contributed by atoms with van der Waals surface area (Å²) in [5.74, 6) is 0.483. The van der Waals surface area contributed by atoms with Crippen molar-refractivity contribution in [2.45, 2.75) is 0 Å². The second-order valence-electron chi connectivity index (χ2n) is 6.43. The van der Waals surface area contributed by atoms with Gasteiger partial charge in [0.05, 0.1) is 30.5 Å². The molecule has 30 heavy (non-hydrogen) atoms. The van der Waals surface area contributed by atoms with E-state index < -0.39 is 5.97 Å². The Morgan fingerprint density at radius 1 is 1.13 bits per heavy atom. The largest absolute Gasteiger partial charge is 0.504 e. The van der Waals surface area contributed by atoms with Gasteiger partial charge in [-0.2, -0.15) is 0 Å². The molecule has 4 aromatic rings. The van der Waals surface area contributed by atoms with E-state index in [0.29, 0.717) is 44.7 Å². The normalized spacial score (nSPS) is 10.8. The van der Waals surface area contributed by atoms with Crippen molar-refractivity contribution < 1.29 is 19.4 Å². The van der Waals surface area contributed by atoms with Crippen LogP contribution in [-0.4, -0.2) is 34.7 Å². The number of carbonyl (C=O) groups excluding carboxylic acids is 1. The number of methoxy groups -OCH3 is 2. The summed E-state index contributed by atoms with van der Waals surface area (Å²) >= 11 is 6.22. The third-order valence-electron chi connectivity index (χ3n) is 4.62. The Hall–Kier alpha value is -3.71. The second-order valence-corrected chi connectivity index (χ2v) is 6.87. The highest BCUT2D eigenvalue weighted by Gasteiger charge is 2.19. The Labute approximate surface area is 177 Å². The topological polar surface area (TPSA) is 85.1 Å². The zero-order chi connectivity index (χ0) is 21.3. The summed E-state index contributed by atoms with van der Waals surface area (Å²) in [5, 5.41) is 13.8. The van der Waals surface area contributed by atoms with Gasteiger partial charge in [-0.1, -0.05) is 23.7 Å². The molecule has 0 unspecified atom stereocenters. The number of benzene rings is 2. The lowest BCUT2D eigenvalue weighted by molar-refractivity contribution is 0.0602. The molecule has 7 nitrogen and oxygen atoms in total. The molecule has 0 aliphatic carbocycles. The van der Waals surface area contributed by atoms with Crippen molar-refractivity contribution >= 4 is 34.7 Å². The molecule has 0 saturated carbocycles. The average molecular weight is 424 g/mol. The van der Waals surface area contributed by atoms with Crippen LogP contribution in [0.4, 0.5) is 11.5 Å². The molecule has 8 heteroatoms. The summed E-state index contributed by atoms with van der Waals surface area (Å²) in [4.78, 5) is 16.9. The van der Waals surface area contributed by atoms with Crippen LogP contribution in [0.3, 0.4) is 0 Å². The molecule has 0 aliphatic rings. The lowest BCUT2D eigenvalue weighted by atomic mass is 10.1. The number of carbonyl (C=O) groups is 1. The van der Waals surface area contributed by atoms with Gasteiger partial charge in [0.1, 0.15) is 17.2 Å². The monoisotopic (exact) mass is 423 g/mol. The predicted molar refractivity (Wildman–Crippen MR) is 115 cm³/mol. The van der Waals surface area contributed by atoms with Crippen molar-refractivity contribution in [1.82, 2.24) is 9.38 Å². The molecule has 0 spiro atoms. The van der Waals surface area contributed by atoms with E-state index in [1.807, 2.05) is 6.07 Å². The van der Waals surface area contributed by atoms with Gasteiger partial charge in [-0.25, -0.2) is 9.78 Å². The minimum atomic E-state index is -0.460. The highest BCUT2D eigenvalue weighted by molar-refractivity contribution is 6.30. The first-order valence-electron chi connectivity index (χ1n) is 9.01. The molecule has 0 amide bonds. The van der Waals surface area contributed by atoms with Crippen LogP contribution in [0.2, 0.25) is 5.02 Å². The number of nitrogens with zero attached hydrogens (tertiary/aromatic N) is 2. The Morgan fingerprint density at radius 2 is 1.93 bits per heavy atom. The van der Waals surface area contributed by atoms with Crippen molar-refractivity contribution in [3.8, 4) is 22.8 Å². The minimum Gasteiger partial charge on any atom is -0.504 e. The molecule has 0 atom stereocenters. The lowest BCUT2D eigenvalue weighted by Gasteiger charge is -2.13. The summed E-state index contributed by atoms with van der Waals surface area (Å²) in [6.45, 7) is 0. The molecule has 0 radical (unpaired) electrons. The number of esters is 1. The Balaban J connectivity index is 1.92. The van der Waals surface area contributed by atoms with E-state index >= 15 is 0 Å². The van der Waals surface area contributed by atoms with E-state index in [0.717, 1.165) is 0 Å². The summed E-state index contributed by atoms with van der Waals surface area (Å²) in [6.07, 6.45) is 1.73. The van der Waals surface area contributed by atoms with Crippen LogP contribution >= 0.6 is 11.6 Å². The van der Waals surface area contributed by atoms with E-state index in [4.69, 9.17) is 26.1 Å². The Kier molecular flexibility index (Phi) is 5.20. The molecular weight excluding hydrogens is 406 g/mol. The number of anilines is 2. The molecule has 4 rings (SSSR count). The van der Waals surface area contributed by atoms with E-state index in [1.54, 1.807) is 53.1 Å². The molecule has 2 aromatic heterocycles. The number of fused-ring (bicyclic) bond motifs is 1. The predicted octanol–water partition coefficient (Wildman–Crippen LogP) is 4.90. The number of rotatable bonds is 5. The maximum atomic E-state index is 12.2. The van der Waals surface area contributed by atoms with E-state index in [1.165, 1.54) is 20.3 Å². The smallest absolute Gasteiger partial charge is 0.339 e. The van der Waals surface area contributed by atoms with Crippen molar-refractivity contribution in [3.05, 3.63) is 71.4 Å². The average Bonchev–Trinajstić information content (AvgIpc) is 3.11. The molecular formula is C22H18ClN3O4. The zero-order valence-electron chi connectivity index (χ0n) is 16.2. The fourth-order valence-corrected chi connectivity index (χ4v) is 3.33.